The molecule has 0 aliphatic heterocycles. The van der Waals surface area contributed by atoms with Gasteiger partial charge < -0.3 is 4.42 Å². The molecule has 0 saturated heterocycles. The van der Waals surface area contributed by atoms with Gasteiger partial charge >= 0.3 is 0 Å². The molecule has 1 heterocycles. The van der Waals surface area contributed by atoms with E-state index in [-0.39, 0.29) is 0 Å². The minimum atomic E-state index is 0.368. The predicted octanol–water partition coefficient (Wildman–Crippen LogP) is 6.74. The van der Waals surface area contributed by atoms with Crippen molar-refractivity contribution < 1.29 is 4.42 Å². The van der Waals surface area contributed by atoms with Crippen LogP contribution < -0.4 is 0 Å². The number of hydrogen-bond donors (Lipinski definition) is 0. The lowest BCUT2D eigenvalue weighted by Crippen LogP contribution is -2.01. The highest BCUT2D eigenvalue weighted by Gasteiger charge is 2.20. The summed E-state index contributed by atoms with van der Waals surface area (Å²) in [6.45, 7) is 5.92. The molecule has 24 heavy (non-hydrogen) atoms. The number of allylic oxidation sites excluding steroid dienone is 1. The first kappa shape index (κ1) is 16.3. The van der Waals surface area contributed by atoms with Crippen molar-refractivity contribution in [3.63, 3.8) is 0 Å². The Balaban J connectivity index is 1.95. The van der Waals surface area contributed by atoms with Crippen LogP contribution >= 0.6 is 0 Å². The van der Waals surface area contributed by atoms with Crippen LogP contribution in [-0.2, 0) is 0 Å². The normalized spacial score (nSPS) is 12.0. The summed E-state index contributed by atoms with van der Waals surface area (Å²) in [5, 5.41) is 0. The molecule has 0 aliphatic carbocycles. The molecule has 3 aromatic rings. The van der Waals surface area contributed by atoms with E-state index in [1.807, 2.05) is 24.3 Å². The Morgan fingerprint density at radius 3 is 2.33 bits per heavy atom. The Hall–Kier alpha value is -2.54. The highest BCUT2D eigenvalue weighted by molar-refractivity contribution is 5.59. The summed E-state index contributed by atoms with van der Waals surface area (Å²) in [5.74, 6) is 2.33. The first-order chi connectivity index (χ1) is 11.8. The standard InChI is InChI=1S/C23H24O/c1-3-4-7-16-21(19-12-8-5-9-13-19)22-17-23(24-18(22)2)20-14-10-6-11-15-20/h3,5-6,8-15,17,21H,1,4,7,16H2,2H3. The summed E-state index contributed by atoms with van der Waals surface area (Å²) in [6, 6.07) is 23.3. The van der Waals surface area contributed by atoms with Crippen molar-refractivity contribution in [3.8, 4) is 11.3 Å². The van der Waals surface area contributed by atoms with E-state index in [1.54, 1.807) is 0 Å². The zero-order chi connectivity index (χ0) is 16.8. The van der Waals surface area contributed by atoms with Gasteiger partial charge in [-0.05, 0) is 37.8 Å². The van der Waals surface area contributed by atoms with Gasteiger partial charge in [-0.1, -0.05) is 66.7 Å². The van der Waals surface area contributed by atoms with Gasteiger partial charge in [-0.15, -0.1) is 6.58 Å². The largest absolute Gasteiger partial charge is 0.461 e. The molecule has 0 radical (unpaired) electrons. The number of hydrogen-bond acceptors (Lipinski definition) is 1. The molecule has 0 aliphatic rings. The fraction of sp³-hybridized carbons (Fsp3) is 0.217. The van der Waals surface area contributed by atoms with Crippen LogP contribution in [0.1, 0.15) is 42.1 Å². The molecule has 0 spiro atoms. The summed E-state index contributed by atoms with van der Waals surface area (Å²) in [4.78, 5) is 0. The zero-order valence-electron chi connectivity index (χ0n) is 14.2. The Kier molecular flexibility index (Phi) is 5.32. The second-order valence-corrected chi connectivity index (χ2v) is 6.17. The lowest BCUT2D eigenvalue weighted by Gasteiger charge is -2.16. The van der Waals surface area contributed by atoms with Crippen LogP contribution in [0.15, 0.2) is 83.8 Å². The maximum Gasteiger partial charge on any atom is 0.134 e. The topological polar surface area (TPSA) is 13.1 Å². The van der Waals surface area contributed by atoms with Crippen molar-refractivity contribution in [3.05, 3.63) is 96.3 Å². The summed E-state index contributed by atoms with van der Waals surface area (Å²) in [7, 11) is 0. The molecule has 0 fully saturated rings. The second-order valence-electron chi connectivity index (χ2n) is 6.17. The molecule has 0 N–H and O–H groups in total. The SMILES string of the molecule is C=CCCCC(c1ccccc1)c1cc(-c2ccccc2)oc1C. The lowest BCUT2D eigenvalue weighted by atomic mass is 9.87. The van der Waals surface area contributed by atoms with Gasteiger partial charge in [-0.2, -0.15) is 0 Å². The first-order valence-corrected chi connectivity index (χ1v) is 8.61. The molecule has 1 nitrogen and oxygen atoms in total. The smallest absolute Gasteiger partial charge is 0.134 e. The third kappa shape index (κ3) is 3.68. The molecule has 1 unspecified atom stereocenters. The van der Waals surface area contributed by atoms with E-state index < -0.39 is 0 Å². The quantitative estimate of drug-likeness (QED) is 0.347. The van der Waals surface area contributed by atoms with Crippen LogP contribution in [0.3, 0.4) is 0 Å². The summed E-state index contributed by atoms with van der Waals surface area (Å²) in [6.07, 6.45) is 5.28. The minimum Gasteiger partial charge on any atom is -0.461 e. The monoisotopic (exact) mass is 316 g/mol. The summed E-state index contributed by atoms with van der Waals surface area (Å²) >= 11 is 0. The van der Waals surface area contributed by atoms with Gasteiger partial charge in [-0.25, -0.2) is 0 Å². The van der Waals surface area contributed by atoms with Crippen LogP contribution in [0, 0.1) is 6.92 Å². The van der Waals surface area contributed by atoms with Gasteiger partial charge in [0.15, 0.2) is 0 Å². The van der Waals surface area contributed by atoms with E-state index >= 15 is 0 Å². The maximum absolute atomic E-state index is 6.09. The molecule has 0 saturated carbocycles. The average molecular weight is 316 g/mol. The Bertz CT molecular complexity index is 768. The Labute approximate surface area is 144 Å². The van der Waals surface area contributed by atoms with Gasteiger partial charge in [-0.3, -0.25) is 0 Å². The van der Waals surface area contributed by atoms with E-state index in [0.717, 1.165) is 36.3 Å². The van der Waals surface area contributed by atoms with Gasteiger partial charge in [0.25, 0.3) is 0 Å². The maximum atomic E-state index is 6.09. The summed E-state index contributed by atoms with van der Waals surface area (Å²) < 4.78 is 6.09. The van der Waals surface area contributed by atoms with Crippen molar-refractivity contribution in [1.82, 2.24) is 0 Å². The molecule has 3 rings (SSSR count). The molecule has 1 aromatic heterocycles. The molecule has 0 bridgehead atoms. The van der Waals surface area contributed by atoms with Crippen molar-refractivity contribution >= 4 is 0 Å². The van der Waals surface area contributed by atoms with Crippen LogP contribution in [0.4, 0.5) is 0 Å². The first-order valence-electron chi connectivity index (χ1n) is 8.61. The molecular formula is C23H24O. The van der Waals surface area contributed by atoms with Crippen LogP contribution in [0.2, 0.25) is 0 Å². The number of unbranched alkanes of at least 4 members (excludes halogenated alkanes) is 1. The minimum absolute atomic E-state index is 0.368. The molecule has 1 heteroatoms. The third-order valence-corrected chi connectivity index (χ3v) is 4.49. The van der Waals surface area contributed by atoms with E-state index in [1.165, 1.54) is 11.1 Å². The van der Waals surface area contributed by atoms with Crippen LogP contribution in [-0.4, -0.2) is 0 Å². The predicted molar refractivity (Wildman–Crippen MR) is 101 cm³/mol. The van der Waals surface area contributed by atoms with Gasteiger partial charge in [0.2, 0.25) is 0 Å². The molecule has 1 atom stereocenters. The highest BCUT2D eigenvalue weighted by atomic mass is 16.3. The summed E-state index contributed by atoms with van der Waals surface area (Å²) in [5.41, 5.74) is 3.78. The average Bonchev–Trinajstić information content (AvgIpc) is 3.02. The molecule has 2 aromatic carbocycles. The van der Waals surface area contributed by atoms with E-state index in [2.05, 4.69) is 62.0 Å². The van der Waals surface area contributed by atoms with E-state index in [4.69, 9.17) is 4.42 Å². The highest BCUT2D eigenvalue weighted by Crippen LogP contribution is 2.36. The molecule has 0 amide bonds. The van der Waals surface area contributed by atoms with Crippen molar-refractivity contribution in [2.75, 3.05) is 0 Å². The van der Waals surface area contributed by atoms with E-state index in [0.29, 0.717) is 5.92 Å². The number of benzene rings is 2. The second kappa shape index (κ2) is 7.83. The Morgan fingerprint density at radius 2 is 1.67 bits per heavy atom. The van der Waals surface area contributed by atoms with Crippen molar-refractivity contribution in [2.45, 2.75) is 32.1 Å². The Morgan fingerprint density at radius 1 is 1.00 bits per heavy atom. The molecule has 122 valence electrons. The van der Waals surface area contributed by atoms with Crippen molar-refractivity contribution in [1.29, 1.82) is 0 Å². The lowest BCUT2D eigenvalue weighted by molar-refractivity contribution is 0.536. The third-order valence-electron chi connectivity index (χ3n) is 4.49. The van der Waals surface area contributed by atoms with E-state index in [9.17, 15) is 0 Å². The van der Waals surface area contributed by atoms with Crippen LogP contribution in [0.5, 0.6) is 0 Å². The number of furan rings is 1. The van der Waals surface area contributed by atoms with Gasteiger partial charge in [0.05, 0.1) is 0 Å². The number of aryl methyl sites for hydroxylation is 1. The fourth-order valence-electron chi connectivity index (χ4n) is 3.24. The number of rotatable bonds is 7. The van der Waals surface area contributed by atoms with Gasteiger partial charge in [0.1, 0.15) is 11.5 Å². The zero-order valence-corrected chi connectivity index (χ0v) is 14.2. The van der Waals surface area contributed by atoms with Crippen molar-refractivity contribution in [2.24, 2.45) is 0 Å². The van der Waals surface area contributed by atoms with Crippen LogP contribution in [0.25, 0.3) is 11.3 Å². The fourth-order valence-corrected chi connectivity index (χ4v) is 3.24. The molecular weight excluding hydrogens is 292 g/mol. The van der Waals surface area contributed by atoms with Gasteiger partial charge in [0, 0.05) is 17.0 Å².